The first-order valence-electron chi connectivity index (χ1n) is 2.38. The summed E-state index contributed by atoms with van der Waals surface area (Å²) in [6, 6.07) is 5.73. The Morgan fingerprint density at radius 1 is 1.11 bits per heavy atom. The minimum absolute atomic E-state index is 0.919. The molecule has 3 heteroatoms. The van der Waals surface area contributed by atoms with Crippen LogP contribution in [0.25, 0.3) is 0 Å². The fourth-order valence-corrected chi connectivity index (χ4v) is 1.27. The third-order valence-corrected chi connectivity index (χ3v) is 3.17. The molecular weight excluding hydrogens is 216 g/mol. The number of benzene rings is 1. The molecule has 0 N–H and O–H groups in total. The van der Waals surface area contributed by atoms with Crippen molar-refractivity contribution < 1.29 is 0 Å². The monoisotopic (exact) mass is 220 g/mol. The molecule has 0 amide bonds. The maximum Gasteiger partial charge on any atom is 0.0441 e. The van der Waals surface area contributed by atoms with E-state index in [1.165, 1.54) is 0 Å². The number of hydrogen-bond donors (Lipinski definition) is 2. The van der Waals surface area contributed by atoms with Gasteiger partial charge in [0.1, 0.15) is 0 Å². The number of rotatable bonds is 0. The standard InChI is InChI=1S/C6H5BrS2/c7-6-4(8)2-1-3-5(6)9/h1-3,8-9H. The zero-order valence-corrected chi connectivity index (χ0v) is 7.88. The van der Waals surface area contributed by atoms with Gasteiger partial charge in [-0.25, -0.2) is 0 Å². The van der Waals surface area contributed by atoms with Crippen molar-refractivity contribution in [1.82, 2.24) is 0 Å². The molecule has 0 bridgehead atoms. The Balaban J connectivity index is 3.25. The summed E-state index contributed by atoms with van der Waals surface area (Å²) >= 11 is 11.7. The second-order valence-electron chi connectivity index (χ2n) is 1.61. The minimum Gasteiger partial charge on any atom is -0.142 e. The Hall–Kier alpha value is 0.400. The second kappa shape index (κ2) is 2.99. The van der Waals surface area contributed by atoms with Gasteiger partial charge in [0.15, 0.2) is 0 Å². The molecule has 0 atom stereocenters. The summed E-state index contributed by atoms with van der Waals surface area (Å²) in [5.74, 6) is 0. The first kappa shape index (κ1) is 7.51. The number of thiol groups is 2. The van der Waals surface area contributed by atoms with Crippen molar-refractivity contribution in [2.75, 3.05) is 0 Å². The van der Waals surface area contributed by atoms with E-state index in [-0.39, 0.29) is 0 Å². The van der Waals surface area contributed by atoms with Crippen molar-refractivity contribution in [3.63, 3.8) is 0 Å². The predicted octanol–water partition coefficient (Wildman–Crippen LogP) is 3.03. The lowest BCUT2D eigenvalue weighted by atomic mass is 10.4. The molecule has 48 valence electrons. The maximum absolute atomic E-state index is 4.17. The van der Waals surface area contributed by atoms with Gasteiger partial charge in [-0.05, 0) is 28.1 Å². The van der Waals surface area contributed by atoms with Gasteiger partial charge in [0.2, 0.25) is 0 Å². The van der Waals surface area contributed by atoms with E-state index in [1.54, 1.807) is 0 Å². The highest BCUT2D eigenvalue weighted by molar-refractivity contribution is 9.10. The van der Waals surface area contributed by atoms with Gasteiger partial charge in [-0.2, -0.15) is 0 Å². The molecule has 1 rings (SSSR count). The number of hydrogen-bond acceptors (Lipinski definition) is 2. The van der Waals surface area contributed by atoms with Crippen LogP contribution in [0.15, 0.2) is 32.5 Å². The lowest BCUT2D eigenvalue weighted by Crippen LogP contribution is -1.70. The summed E-state index contributed by atoms with van der Waals surface area (Å²) in [6.45, 7) is 0. The average Bonchev–Trinajstić information content (AvgIpc) is 1.83. The first-order chi connectivity index (χ1) is 4.22. The van der Waals surface area contributed by atoms with E-state index in [0.29, 0.717) is 0 Å². The normalized spacial score (nSPS) is 9.67. The van der Waals surface area contributed by atoms with Crippen LogP contribution in [-0.4, -0.2) is 0 Å². The van der Waals surface area contributed by atoms with Crippen molar-refractivity contribution in [3.05, 3.63) is 22.7 Å². The fourth-order valence-electron chi connectivity index (χ4n) is 0.508. The molecule has 0 aliphatic heterocycles. The summed E-state index contributed by atoms with van der Waals surface area (Å²) in [5.41, 5.74) is 0. The molecule has 0 aromatic heterocycles. The molecule has 0 aliphatic rings. The summed E-state index contributed by atoms with van der Waals surface area (Å²) < 4.78 is 0.955. The molecule has 0 saturated heterocycles. The van der Waals surface area contributed by atoms with Gasteiger partial charge < -0.3 is 0 Å². The molecule has 0 radical (unpaired) electrons. The van der Waals surface area contributed by atoms with Gasteiger partial charge >= 0.3 is 0 Å². The highest BCUT2D eigenvalue weighted by Crippen LogP contribution is 2.26. The molecular formula is C6H5BrS2. The van der Waals surface area contributed by atoms with E-state index in [1.807, 2.05) is 18.2 Å². The van der Waals surface area contributed by atoms with Crippen LogP contribution in [0.4, 0.5) is 0 Å². The van der Waals surface area contributed by atoms with Crippen LogP contribution in [-0.2, 0) is 0 Å². The largest absolute Gasteiger partial charge is 0.142 e. The van der Waals surface area contributed by atoms with E-state index in [0.717, 1.165) is 14.3 Å². The highest BCUT2D eigenvalue weighted by Gasteiger charge is 1.95. The maximum atomic E-state index is 4.17. The van der Waals surface area contributed by atoms with Crippen molar-refractivity contribution in [2.24, 2.45) is 0 Å². The van der Waals surface area contributed by atoms with Crippen LogP contribution < -0.4 is 0 Å². The highest BCUT2D eigenvalue weighted by atomic mass is 79.9. The molecule has 0 heterocycles. The van der Waals surface area contributed by atoms with E-state index in [4.69, 9.17) is 0 Å². The Morgan fingerprint density at radius 2 is 1.56 bits per heavy atom. The van der Waals surface area contributed by atoms with Crippen molar-refractivity contribution in [1.29, 1.82) is 0 Å². The fraction of sp³-hybridized carbons (Fsp3) is 0. The Kier molecular flexibility index (Phi) is 2.50. The van der Waals surface area contributed by atoms with Gasteiger partial charge in [-0.1, -0.05) is 6.07 Å². The summed E-state index contributed by atoms with van der Waals surface area (Å²) in [6.07, 6.45) is 0. The molecule has 0 unspecified atom stereocenters. The summed E-state index contributed by atoms with van der Waals surface area (Å²) in [4.78, 5) is 1.84. The van der Waals surface area contributed by atoms with Gasteiger partial charge in [-0.3, -0.25) is 0 Å². The zero-order chi connectivity index (χ0) is 6.85. The third-order valence-electron chi connectivity index (χ3n) is 0.958. The predicted molar refractivity (Wildman–Crippen MR) is 48.6 cm³/mol. The van der Waals surface area contributed by atoms with Gasteiger partial charge in [0, 0.05) is 14.3 Å². The Labute approximate surface area is 73.6 Å². The van der Waals surface area contributed by atoms with E-state index in [9.17, 15) is 0 Å². The molecule has 1 aromatic carbocycles. The van der Waals surface area contributed by atoms with Crippen LogP contribution in [0.3, 0.4) is 0 Å². The molecule has 0 spiro atoms. The van der Waals surface area contributed by atoms with E-state index in [2.05, 4.69) is 41.2 Å². The average molecular weight is 221 g/mol. The van der Waals surface area contributed by atoms with E-state index >= 15 is 0 Å². The SMILES string of the molecule is Sc1cccc(S)c1Br. The molecule has 0 fully saturated rings. The lowest BCUT2D eigenvalue weighted by Gasteiger charge is -1.97. The topological polar surface area (TPSA) is 0 Å². The van der Waals surface area contributed by atoms with Crippen LogP contribution >= 0.6 is 41.2 Å². The van der Waals surface area contributed by atoms with Crippen LogP contribution in [0.5, 0.6) is 0 Å². The summed E-state index contributed by atoms with van der Waals surface area (Å²) in [5, 5.41) is 0. The van der Waals surface area contributed by atoms with Crippen molar-refractivity contribution >= 4 is 41.2 Å². The second-order valence-corrected chi connectivity index (χ2v) is 3.37. The van der Waals surface area contributed by atoms with Crippen LogP contribution in [0.1, 0.15) is 0 Å². The molecule has 0 saturated carbocycles. The van der Waals surface area contributed by atoms with Crippen LogP contribution in [0, 0.1) is 0 Å². The summed E-state index contributed by atoms with van der Waals surface area (Å²) in [7, 11) is 0. The Bertz CT molecular complexity index is 202. The third kappa shape index (κ3) is 1.66. The van der Waals surface area contributed by atoms with Gasteiger partial charge in [0.25, 0.3) is 0 Å². The minimum atomic E-state index is 0.919. The lowest BCUT2D eigenvalue weighted by molar-refractivity contribution is 1.29. The van der Waals surface area contributed by atoms with Gasteiger partial charge in [0.05, 0.1) is 0 Å². The zero-order valence-electron chi connectivity index (χ0n) is 4.50. The Morgan fingerprint density at radius 3 is 1.89 bits per heavy atom. The molecule has 9 heavy (non-hydrogen) atoms. The van der Waals surface area contributed by atoms with Gasteiger partial charge in [-0.15, -0.1) is 25.3 Å². The van der Waals surface area contributed by atoms with E-state index < -0.39 is 0 Å². The molecule has 0 nitrogen and oxygen atoms in total. The molecule has 1 aromatic rings. The smallest absolute Gasteiger partial charge is 0.0441 e. The quantitative estimate of drug-likeness (QED) is 0.618. The van der Waals surface area contributed by atoms with Crippen molar-refractivity contribution in [3.8, 4) is 0 Å². The number of halogens is 1. The van der Waals surface area contributed by atoms with Crippen molar-refractivity contribution in [2.45, 2.75) is 9.79 Å². The van der Waals surface area contributed by atoms with Crippen LogP contribution in [0.2, 0.25) is 0 Å². The molecule has 0 aliphatic carbocycles. The first-order valence-corrected chi connectivity index (χ1v) is 4.07.